The van der Waals surface area contributed by atoms with Gasteiger partial charge in [0, 0.05) is 11.8 Å². The van der Waals surface area contributed by atoms with Gasteiger partial charge < -0.3 is 5.73 Å². The first-order chi connectivity index (χ1) is 14.5. The van der Waals surface area contributed by atoms with Crippen LogP contribution in [0.3, 0.4) is 0 Å². The average molecular weight is 490 g/mol. The molecule has 2 aromatic rings. The fourth-order valence-electron chi connectivity index (χ4n) is 3.26. The number of carbonyl (C=O) groups excluding carboxylic acids is 1. The minimum Gasteiger partial charge on any atom is -0.324 e. The Labute approximate surface area is 185 Å². The third kappa shape index (κ3) is 5.40. The van der Waals surface area contributed by atoms with E-state index in [1.165, 1.54) is 30.5 Å². The van der Waals surface area contributed by atoms with Crippen LogP contribution in [0, 0.1) is 5.82 Å². The van der Waals surface area contributed by atoms with Crippen molar-refractivity contribution in [2.75, 3.05) is 22.4 Å². The summed E-state index contributed by atoms with van der Waals surface area (Å²) in [6, 6.07) is 6.53. The number of ketones is 1. The van der Waals surface area contributed by atoms with Gasteiger partial charge in [0.2, 0.25) is 10.0 Å². The molecular formula is C19H21ClFN3O5S2. The lowest BCUT2D eigenvalue weighted by atomic mass is 10.2. The fraction of sp³-hybridized carbons (Fsp3) is 0.368. The number of nitrogens with zero attached hydrogens (tertiary/aromatic N) is 2. The second kappa shape index (κ2) is 9.19. The molecule has 0 spiro atoms. The molecule has 0 unspecified atom stereocenters. The number of benzene rings is 1. The number of rotatable bonds is 7. The molecule has 168 valence electrons. The van der Waals surface area contributed by atoms with E-state index < -0.39 is 30.9 Å². The zero-order chi connectivity index (χ0) is 22.8. The number of halogens is 2. The number of sulfone groups is 1. The van der Waals surface area contributed by atoms with Gasteiger partial charge in [-0.15, -0.1) is 0 Å². The van der Waals surface area contributed by atoms with Crippen molar-refractivity contribution in [3.8, 4) is 0 Å². The molecule has 0 radical (unpaired) electrons. The van der Waals surface area contributed by atoms with Crippen LogP contribution in [0.2, 0.25) is 5.02 Å². The number of aromatic nitrogens is 1. The van der Waals surface area contributed by atoms with Crippen LogP contribution in [0.4, 0.5) is 10.1 Å². The highest BCUT2D eigenvalue weighted by Crippen LogP contribution is 2.31. The summed E-state index contributed by atoms with van der Waals surface area (Å²) in [5, 5.41) is -1.17. The molecule has 31 heavy (non-hydrogen) atoms. The second-order valence-electron chi connectivity index (χ2n) is 7.17. The van der Waals surface area contributed by atoms with Crippen molar-refractivity contribution in [1.29, 1.82) is 0 Å². The summed E-state index contributed by atoms with van der Waals surface area (Å²) < 4.78 is 65.0. The molecule has 0 amide bonds. The lowest BCUT2D eigenvalue weighted by Crippen LogP contribution is -2.42. The summed E-state index contributed by atoms with van der Waals surface area (Å²) in [4.78, 5) is 15.8. The standard InChI is InChI=1S/C19H21ClFN3O5S2/c20-17-9-15(3-4-18(17)21)24(12-14-2-1-13(11-23-14)19(25)10-22)31(28,29)16-5-7-30(26,27)8-6-16/h1-4,9,11,16H,5-8,10,12,22H2. The number of Topliss-reactive ketones (excluding diaryl/α,β-unsaturated/α-hetero) is 1. The Morgan fingerprint density at radius 2 is 1.90 bits per heavy atom. The summed E-state index contributed by atoms with van der Waals surface area (Å²) in [7, 11) is -7.29. The molecule has 12 heteroatoms. The van der Waals surface area contributed by atoms with Crippen LogP contribution in [0.5, 0.6) is 0 Å². The smallest absolute Gasteiger partial charge is 0.238 e. The number of hydrogen-bond acceptors (Lipinski definition) is 7. The molecule has 0 saturated carbocycles. The van der Waals surface area contributed by atoms with E-state index in [1.54, 1.807) is 0 Å². The molecule has 0 atom stereocenters. The van der Waals surface area contributed by atoms with E-state index in [2.05, 4.69) is 4.98 Å². The molecule has 2 N–H and O–H groups in total. The number of carbonyl (C=O) groups is 1. The summed E-state index contributed by atoms with van der Waals surface area (Å²) in [6.07, 6.45) is 1.24. The minimum absolute atomic E-state index is 0.0343. The van der Waals surface area contributed by atoms with Crippen LogP contribution < -0.4 is 10.0 Å². The summed E-state index contributed by atoms with van der Waals surface area (Å²) in [5.41, 5.74) is 6.09. The molecule has 3 rings (SSSR count). The number of sulfonamides is 1. The lowest BCUT2D eigenvalue weighted by Gasteiger charge is -2.31. The van der Waals surface area contributed by atoms with Gasteiger partial charge in [0.1, 0.15) is 15.7 Å². The first kappa shape index (κ1) is 23.6. The normalized spacial score (nSPS) is 16.7. The number of pyridine rings is 1. The van der Waals surface area contributed by atoms with Gasteiger partial charge in [-0.2, -0.15) is 0 Å². The van der Waals surface area contributed by atoms with Crippen molar-refractivity contribution < 1.29 is 26.0 Å². The van der Waals surface area contributed by atoms with Crippen LogP contribution in [0.15, 0.2) is 36.5 Å². The minimum atomic E-state index is -4.03. The Morgan fingerprint density at radius 1 is 1.23 bits per heavy atom. The van der Waals surface area contributed by atoms with Crippen molar-refractivity contribution in [1.82, 2.24) is 4.98 Å². The summed E-state index contributed by atoms with van der Waals surface area (Å²) >= 11 is 5.86. The summed E-state index contributed by atoms with van der Waals surface area (Å²) in [5.74, 6) is -1.45. The van der Waals surface area contributed by atoms with Gasteiger partial charge in [0.25, 0.3) is 0 Å². The van der Waals surface area contributed by atoms with Gasteiger partial charge in [-0.05, 0) is 43.2 Å². The molecule has 1 aromatic carbocycles. The second-order valence-corrected chi connectivity index (χ2v) is 12.0. The van der Waals surface area contributed by atoms with Crippen molar-refractivity contribution in [2.45, 2.75) is 24.6 Å². The topological polar surface area (TPSA) is 127 Å². The molecule has 2 heterocycles. The zero-order valence-electron chi connectivity index (χ0n) is 16.4. The molecule has 1 saturated heterocycles. The predicted molar refractivity (Wildman–Crippen MR) is 116 cm³/mol. The molecule has 1 aliphatic heterocycles. The van der Waals surface area contributed by atoms with E-state index in [0.717, 1.165) is 10.4 Å². The highest BCUT2D eigenvalue weighted by Gasteiger charge is 2.37. The molecule has 1 aromatic heterocycles. The van der Waals surface area contributed by atoms with Crippen molar-refractivity contribution in [2.24, 2.45) is 5.73 Å². The van der Waals surface area contributed by atoms with E-state index in [1.807, 2.05) is 0 Å². The van der Waals surface area contributed by atoms with Crippen LogP contribution in [-0.4, -0.2) is 50.9 Å². The average Bonchev–Trinajstić information content (AvgIpc) is 2.73. The van der Waals surface area contributed by atoms with Crippen LogP contribution in [0.1, 0.15) is 28.9 Å². The Kier molecular flexibility index (Phi) is 6.99. The maximum atomic E-state index is 13.7. The molecule has 0 bridgehead atoms. The Balaban J connectivity index is 1.96. The zero-order valence-corrected chi connectivity index (χ0v) is 18.8. The van der Waals surface area contributed by atoms with E-state index in [9.17, 15) is 26.0 Å². The van der Waals surface area contributed by atoms with Gasteiger partial charge in [-0.3, -0.25) is 14.1 Å². The third-order valence-corrected chi connectivity index (χ3v) is 9.33. The van der Waals surface area contributed by atoms with Gasteiger partial charge in [0.05, 0.1) is 46.2 Å². The number of nitrogens with two attached hydrogens (primary N) is 1. The van der Waals surface area contributed by atoms with Crippen LogP contribution in [0.25, 0.3) is 0 Å². The monoisotopic (exact) mass is 489 g/mol. The highest BCUT2D eigenvalue weighted by molar-refractivity contribution is 7.94. The Bertz CT molecular complexity index is 1170. The maximum Gasteiger partial charge on any atom is 0.238 e. The number of anilines is 1. The highest BCUT2D eigenvalue weighted by atomic mass is 35.5. The van der Waals surface area contributed by atoms with Gasteiger partial charge in [0.15, 0.2) is 5.78 Å². The van der Waals surface area contributed by atoms with Crippen LogP contribution >= 0.6 is 11.6 Å². The van der Waals surface area contributed by atoms with Gasteiger partial charge >= 0.3 is 0 Å². The van der Waals surface area contributed by atoms with E-state index in [-0.39, 0.29) is 53.9 Å². The first-order valence-corrected chi connectivity index (χ1v) is 13.1. The lowest BCUT2D eigenvalue weighted by molar-refractivity contribution is 0.100. The molecule has 1 fully saturated rings. The van der Waals surface area contributed by atoms with Crippen LogP contribution in [-0.2, 0) is 26.4 Å². The maximum absolute atomic E-state index is 13.7. The quantitative estimate of drug-likeness (QED) is 0.588. The van der Waals surface area contributed by atoms with Crippen molar-refractivity contribution >= 4 is 42.9 Å². The SMILES string of the molecule is NCC(=O)c1ccc(CN(c2ccc(F)c(Cl)c2)S(=O)(=O)C2CCS(=O)(=O)CC2)nc1. The van der Waals surface area contributed by atoms with Gasteiger partial charge in [-0.1, -0.05) is 11.6 Å². The Hall–Kier alpha value is -2.08. The van der Waals surface area contributed by atoms with E-state index >= 15 is 0 Å². The third-order valence-electron chi connectivity index (χ3n) is 5.06. The molecular weight excluding hydrogens is 469 g/mol. The Morgan fingerprint density at radius 3 is 2.45 bits per heavy atom. The molecule has 0 aliphatic carbocycles. The van der Waals surface area contributed by atoms with E-state index in [0.29, 0.717) is 11.3 Å². The summed E-state index contributed by atoms with van der Waals surface area (Å²) in [6.45, 7) is -0.384. The molecule has 8 nitrogen and oxygen atoms in total. The van der Waals surface area contributed by atoms with Crippen molar-refractivity contribution in [3.63, 3.8) is 0 Å². The fourth-order valence-corrected chi connectivity index (χ4v) is 7.14. The van der Waals surface area contributed by atoms with Crippen molar-refractivity contribution in [3.05, 3.63) is 58.6 Å². The first-order valence-electron chi connectivity index (χ1n) is 9.39. The number of hydrogen-bond donors (Lipinski definition) is 1. The molecule has 1 aliphatic rings. The largest absolute Gasteiger partial charge is 0.324 e. The predicted octanol–water partition coefficient (Wildman–Crippen LogP) is 1.93. The van der Waals surface area contributed by atoms with Gasteiger partial charge in [-0.25, -0.2) is 21.2 Å². The van der Waals surface area contributed by atoms with E-state index in [4.69, 9.17) is 17.3 Å².